The van der Waals surface area contributed by atoms with Gasteiger partial charge in [-0.05, 0) is 43.5 Å². The first kappa shape index (κ1) is 13.2. The van der Waals surface area contributed by atoms with Gasteiger partial charge >= 0.3 is 6.18 Å². The minimum absolute atomic E-state index is 0.318. The van der Waals surface area contributed by atoms with Crippen molar-refractivity contribution in [1.29, 1.82) is 0 Å². The Bertz CT molecular complexity index is 411. The van der Waals surface area contributed by atoms with Gasteiger partial charge in [0.2, 0.25) is 0 Å². The summed E-state index contributed by atoms with van der Waals surface area (Å²) < 4.78 is 42.8. The number of methoxy groups -OCH3 is 1. The van der Waals surface area contributed by atoms with Crippen molar-refractivity contribution in [3.63, 3.8) is 0 Å². The van der Waals surface area contributed by atoms with Crippen molar-refractivity contribution in [2.45, 2.75) is 31.5 Å². The number of ether oxygens (including phenoxy) is 1. The summed E-state index contributed by atoms with van der Waals surface area (Å²) in [4.78, 5) is 0. The molecule has 1 aromatic carbocycles. The van der Waals surface area contributed by atoms with E-state index in [-0.39, 0.29) is 0 Å². The van der Waals surface area contributed by atoms with Crippen LogP contribution in [0.15, 0.2) is 18.2 Å². The first-order valence-corrected chi connectivity index (χ1v) is 5.98. The molecule has 2 nitrogen and oxygen atoms in total. The molecule has 100 valence electrons. The number of nitrogens with one attached hydrogen (secondary N) is 1. The molecule has 1 aliphatic heterocycles. The van der Waals surface area contributed by atoms with Crippen molar-refractivity contribution in [2.24, 2.45) is 0 Å². The summed E-state index contributed by atoms with van der Waals surface area (Å²) in [6.45, 7) is 0.980. The van der Waals surface area contributed by atoms with Gasteiger partial charge in [-0.2, -0.15) is 13.2 Å². The third-order valence-corrected chi connectivity index (χ3v) is 3.24. The molecule has 1 heterocycles. The molecule has 0 aliphatic carbocycles. The van der Waals surface area contributed by atoms with Crippen LogP contribution >= 0.6 is 0 Å². The minimum atomic E-state index is -4.32. The van der Waals surface area contributed by atoms with E-state index in [4.69, 9.17) is 4.74 Å². The summed E-state index contributed by atoms with van der Waals surface area (Å²) in [6, 6.07) is 4.05. The van der Waals surface area contributed by atoms with Gasteiger partial charge in [0.1, 0.15) is 5.75 Å². The maximum absolute atomic E-state index is 12.6. The van der Waals surface area contributed by atoms with Crippen molar-refractivity contribution in [3.8, 4) is 5.75 Å². The molecule has 0 saturated carbocycles. The van der Waals surface area contributed by atoms with Crippen LogP contribution in [0.25, 0.3) is 0 Å². The predicted molar refractivity (Wildman–Crippen MR) is 62.7 cm³/mol. The highest BCUT2D eigenvalue weighted by Gasteiger charge is 2.31. The Hall–Kier alpha value is -1.23. The van der Waals surface area contributed by atoms with Crippen LogP contribution in [0.5, 0.6) is 5.75 Å². The number of benzene rings is 1. The fourth-order valence-electron chi connectivity index (χ4n) is 2.29. The molecule has 0 radical (unpaired) electrons. The molecule has 0 aromatic heterocycles. The average Bonchev–Trinajstić information content (AvgIpc) is 2.81. The van der Waals surface area contributed by atoms with Gasteiger partial charge < -0.3 is 10.1 Å². The van der Waals surface area contributed by atoms with E-state index >= 15 is 0 Å². The van der Waals surface area contributed by atoms with E-state index in [2.05, 4.69) is 5.32 Å². The lowest BCUT2D eigenvalue weighted by Crippen LogP contribution is -2.23. The molecule has 18 heavy (non-hydrogen) atoms. The zero-order valence-corrected chi connectivity index (χ0v) is 10.2. The van der Waals surface area contributed by atoms with E-state index in [1.807, 2.05) is 0 Å². The van der Waals surface area contributed by atoms with Gasteiger partial charge in [0.05, 0.1) is 12.7 Å². The predicted octanol–water partition coefficient (Wildman–Crippen LogP) is 3.01. The van der Waals surface area contributed by atoms with E-state index in [0.29, 0.717) is 18.2 Å². The zero-order valence-electron chi connectivity index (χ0n) is 10.2. The van der Waals surface area contributed by atoms with Crippen LogP contribution in [0, 0.1) is 0 Å². The third kappa shape index (κ3) is 2.96. The lowest BCUT2D eigenvalue weighted by Gasteiger charge is -2.15. The van der Waals surface area contributed by atoms with Crippen molar-refractivity contribution < 1.29 is 17.9 Å². The Morgan fingerprint density at radius 1 is 1.39 bits per heavy atom. The van der Waals surface area contributed by atoms with Crippen molar-refractivity contribution >= 4 is 0 Å². The molecule has 1 aliphatic rings. The number of alkyl halides is 3. The topological polar surface area (TPSA) is 21.3 Å². The Morgan fingerprint density at radius 2 is 2.17 bits per heavy atom. The Labute approximate surface area is 104 Å². The molecular weight excluding hydrogens is 243 g/mol. The standard InChI is InChI=1S/C13H16F3NO/c1-18-12-8-10(13(14,15)16)5-4-9(12)7-11-3-2-6-17-11/h4-5,8,11,17H,2-3,6-7H2,1H3. The first-order valence-electron chi connectivity index (χ1n) is 5.98. The summed E-state index contributed by atoms with van der Waals surface area (Å²) in [5.41, 5.74) is 0.160. The monoisotopic (exact) mass is 259 g/mol. The number of halogens is 3. The van der Waals surface area contributed by atoms with Crippen LogP contribution in [-0.4, -0.2) is 19.7 Å². The summed E-state index contributed by atoms with van der Waals surface area (Å²) >= 11 is 0. The molecule has 1 saturated heterocycles. The average molecular weight is 259 g/mol. The van der Waals surface area contributed by atoms with Gasteiger partial charge in [0, 0.05) is 6.04 Å². The highest BCUT2D eigenvalue weighted by atomic mass is 19.4. The molecule has 1 atom stereocenters. The SMILES string of the molecule is COc1cc(C(F)(F)F)ccc1CC1CCCN1. The highest BCUT2D eigenvalue weighted by Crippen LogP contribution is 2.33. The number of hydrogen-bond donors (Lipinski definition) is 1. The molecule has 5 heteroatoms. The van der Waals surface area contributed by atoms with Crippen molar-refractivity contribution in [3.05, 3.63) is 29.3 Å². The fourth-order valence-corrected chi connectivity index (χ4v) is 2.29. The summed E-state index contributed by atoms with van der Waals surface area (Å²) in [5.74, 6) is 0.318. The lowest BCUT2D eigenvalue weighted by atomic mass is 10.0. The Balaban J connectivity index is 2.20. The van der Waals surface area contributed by atoms with Crippen LogP contribution < -0.4 is 10.1 Å². The molecule has 1 N–H and O–H groups in total. The molecule has 1 unspecified atom stereocenters. The molecule has 1 fully saturated rings. The Morgan fingerprint density at radius 3 is 2.72 bits per heavy atom. The van der Waals surface area contributed by atoms with Gasteiger partial charge in [-0.15, -0.1) is 0 Å². The van der Waals surface area contributed by atoms with E-state index in [9.17, 15) is 13.2 Å². The van der Waals surface area contributed by atoms with Crippen molar-refractivity contribution in [2.75, 3.05) is 13.7 Å². The second-order valence-corrected chi connectivity index (χ2v) is 4.52. The summed E-state index contributed by atoms with van der Waals surface area (Å²) in [6.07, 6.45) is -1.43. The van der Waals surface area contributed by atoms with Gasteiger partial charge in [-0.1, -0.05) is 6.07 Å². The van der Waals surface area contributed by atoms with Gasteiger partial charge in [0.25, 0.3) is 0 Å². The maximum Gasteiger partial charge on any atom is 0.416 e. The third-order valence-electron chi connectivity index (χ3n) is 3.24. The van der Waals surface area contributed by atoms with E-state index in [1.165, 1.54) is 13.2 Å². The highest BCUT2D eigenvalue weighted by molar-refractivity contribution is 5.39. The quantitative estimate of drug-likeness (QED) is 0.901. The van der Waals surface area contributed by atoms with Gasteiger partial charge in [-0.3, -0.25) is 0 Å². The van der Waals surface area contributed by atoms with Crippen LogP contribution in [0.4, 0.5) is 13.2 Å². The maximum atomic E-state index is 12.6. The van der Waals surface area contributed by atoms with Crippen LogP contribution in [-0.2, 0) is 12.6 Å². The lowest BCUT2D eigenvalue weighted by molar-refractivity contribution is -0.137. The number of rotatable bonds is 3. The molecule has 0 bridgehead atoms. The first-order chi connectivity index (χ1) is 8.50. The molecule has 0 spiro atoms. The summed E-state index contributed by atoms with van der Waals surface area (Å²) in [5, 5.41) is 3.32. The number of hydrogen-bond acceptors (Lipinski definition) is 2. The molecule has 0 amide bonds. The largest absolute Gasteiger partial charge is 0.496 e. The fraction of sp³-hybridized carbons (Fsp3) is 0.538. The van der Waals surface area contributed by atoms with Gasteiger partial charge in [-0.25, -0.2) is 0 Å². The minimum Gasteiger partial charge on any atom is -0.496 e. The normalized spacial score (nSPS) is 20.1. The second kappa shape index (κ2) is 5.18. The second-order valence-electron chi connectivity index (χ2n) is 4.52. The molecule has 2 rings (SSSR count). The zero-order chi connectivity index (χ0) is 13.2. The smallest absolute Gasteiger partial charge is 0.416 e. The van der Waals surface area contributed by atoms with Gasteiger partial charge in [0.15, 0.2) is 0 Å². The Kier molecular flexibility index (Phi) is 3.80. The van der Waals surface area contributed by atoms with Crippen LogP contribution in [0.2, 0.25) is 0 Å². The van der Waals surface area contributed by atoms with E-state index < -0.39 is 11.7 Å². The summed E-state index contributed by atoms with van der Waals surface area (Å²) in [7, 11) is 1.40. The van der Waals surface area contributed by atoms with E-state index in [1.54, 1.807) is 0 Å². The van der Waals surface area contributed by atoms with Crippen LogP contribution in [0.3, 0.4) is 0 Å². The van der Waals surface area contributed by atoms with Crippen molar-refractivity contribution in [1.82, 2.24) is 5.32 Å². The molecule has 1 aromatic rings. The van der Waals surface area contributed by atoms with Crippen LogP contribution in [0.1, 0.15) is 24.0 Å². The molecular formula is C13H16F3NO. The van der Waals surface area contributed by atoms with E-state index in [0.717, 1.165) is 37.1 Å².